The fourth-order valence-electron chi connectivity index (χ4n) is 1.76. The van der Waals surface area contributed by atoms with E-state index in [0.29, 0.717) is 6.61 Å². The Morgan fingerprint density at radius 1 is 0.944 bits per heavy atom. The van der Waals surface area contributed by atoms with Gasteiger partial charge in [0.25, 0.3) is 0 Å². The van der Waals surface area contributed by atoms with Crippen molar-refractivity contribution >= 4 is 28.6 Å². The summed E-state index contributed by atoms with van der Waals surface area (Å²) >= 11 is 2.41. The molecule has 0 atom stereocenters. The summed E-state index contributed by atoms with van der Waals surface area (Å²) in [4.78, 5) is 10.5. The van der Waals surface area contributed by atoms with Crippen molar-refractivity contribution in [3.05, 3.63) is 12.2 Å². The first kappa shape index (κ1) is 17.9. The molecule has 0 N–H and O–H groups in total. The number of alkyl halides is 1. The summed E-state index contributed by atoms with van der Waals surface area (Å²) in [6.07, 6.45) is 15.9. The Hall–Kier alpha value is -0.0600. The zero-order chi connectivity index (χ0) is 13.5. The standard InChI is InChI=1S/C15H27IO2/c1-15(17)18-14-12-10-8-6-4-2-3-5-7-9-11-13-16/h7,9H,2-6,8,10-14H2,1H3/b9-7+. The fourth-order valence-corrected chi connectivity index (χ4v) is 2.12. The summed E-state index contributed by atoms with van der Waals surface area (Å²) in [7, 11) is 0. The van der Waals surface area contributed by atoms with Gasteiger partial charge in [-0.15, -0.1) is 0 Å². The van der Waals surface area contributed by atoms with Gasteiger partial charge in [0, 0.05) is 11.4 Å². The molecule has 0 heterocycles. The Morgan fingerprint density at radius 2 is 1.50 bits per heavy atom. The Labute approximate surface area is 126 Å². The van der Waals surface area contributed by atoms with Crippen molar-refractivity contribution in [3.8, 4) is 0 Å². The molecular formula is C15H27IO2. The predicted molar refractivity (Wildman–Crippen MR) is 86.2 cm³/mol. The Bertz CT molecular complexity index is 215. The zero-order valence-corrected chi connectivity index (χ0v) is 13.8. The van der Waals surface area contributed by atoms with E-state index >= 15 is 0 Å². The van der Waals surface area contributed by atoms with Crippen LogP contribution >= 0.6 is 22.6 Å². The van der Waals surface area contributed by atoms with Crippen LogP contribution in [-0.4, -0.2) is 17.0 Å². The zero-order valence-electron chi connectivity index (χ0n) is 11.6. The highest BCUT2D eigenvalue weighted by Gasteiger charge is 1.94. The SMILES string of the molecule is CC(=O)OCCCCCCCCC/C=C/CCI. The Balaban J connectivity index is 3.01. The molecule has 106 valence electrons. The minimum atomic E-state index is -0.161. The van der Waals surface area contributed by atoms with Crippen LogP contribution in [0.15, 0.2) is 12.2 Å². The monoisotopic (exact) mass is 366 g/mol. The third kappa shape index (κ3) is 15.9. The van der Waals surface area contributed by atoms with Gasteiger partial charge in [0.1, 0.15) is 0 Å². The second-order valence-electron chi connectivity index (χ2n) is 4.55. The normalized spacial score (nSPS) is 11.0. The van der Waals surface area contributed by atoms with E-state index in [4.69, 9.17) is 4.74 Å². The Morgan fingerprint density at radius 3 is 2.11 bits per heavy atom. The first-order chi connectivity index (χ1) is 8.77. The van der Waals surface area contributed by atoms with Gasteiger partial charge in [0.05, 0.1) is 6.61 Å². The van der Waals surface area contributed by atoms with Gasteiger partial charge >= 0.3 is 5.97 Å². The highest BCUT2D eigenvalue weighted by atomic mass is 127. The van der Waals surface area contributed by atoms with E-state index in [1.54, 1.807) is 0 Å². The minimum Gasteiger partial charge on any atom is -0.466 e. The highest BCUT2D eigenvalue weighted by Crippen LogP contribution is 2.09. The molecule has 0 bridgehead atoms. The summed E-state index contributed by atoms with van der Waals surface area (Å²) in [6, 6.07) is 0. The summed E-state index contributed by atoms with van der Waals surface area (Å²) in [6.45, 7) is 2.06. The molecule has 0 rings (SSSR count). The molecule has 18 heavy (non-hydrogen) atoms. The van der Waals surface area contributed by atoms with Gasteiger partial charge in [0.2, 0.25) is 0 Å². The molecule has 2 nitrogen and oxygen atoms in total. The number of unbranched alkanes of at least 4 members (excludes halogenated alkanes) is 7. The maximum Gasteiger partial charge on any atom is 0.302 e. The average Bonchev–Trinajstić information content (AvgIpc) is 2.34. The third-order valence-corrected chi connectivity index (χ3v) is 3.39. The van der Waals surface area contributed by atoms with Gasteiger partial charge in [-0.05, 0) is 25.7 Å². The number of rotatable bonds is 12. The molecule has 0 spiro atoms. The van der Waals surface area contributed by atoms with Crippen molar-refractivity contribution in [2.45, 2.75) is 64.7 Å². The van der Waals surface area contributed by atoms with E-state index in [2.05, 4.69) is 34.7 Å². The molecular weight excluding hydrogens is 339 g/mol. The highest BCUT2D eigenvalue weighted by molar-refractivity contribution is 14.1. The van der Waals surface area contributed by atoms with Gasteiger partial charge < -0.3 is 4.74 Å². The van der Waals surface area contributed by atoms with Crippen molar-refractivity contribution in [1.82, 2.24) is 0 Å². The van der Waals surface area contributed by atoms with Crippen LogP contribution < -0.4 is 0 Å². The molecule has 0 aliphatic carbocycles. The van der Waals surface area contributed by atoms with Crippen LogP contribution in [0.5, 0.6) is 0 Å². The lowest BCUT2D eigenvalue weighted by Gasteiger charge is -2.02. The summed E-state index contributed by atoms with van der Waals surface area (Å²) < 4.78 is 6.11. The lowest BCUT2D eigenvalue weighted by molar-refractivity contribution is -0.141. The van der Waals surface area contributed by atoms with Crippen molar-refractivity contribution in [3.63, 3.8) is 0 Å². The number of esters is 1. The molecule has 0 aromatic heterocycles. The van der Waals surface area contributed by atoms with Crippen molar-refractivity contribution < 1.29 is 9.53 Å². The fraction of sp³-hybridized carbons (Fsp3) is 0.800. The second-order valence-corrected chi connectivity index (χ2v) is 5.63. The summed E-state index contributed by atoms with van der Waals surface area (Å²) in [5.41, 5.74) is 0. The van der Waals surface area contributed by atoms with Crippen LogP contribution in [0, 0.1) is 0 Å². The van der Waals surface area contributed by atoms with Gasteiger partial charge in [-0.25, -0.2) is 0 Å². The molecule has 0 aliphatic heterocycles. The van der Waals surface area contributed by atoms with Gasteiger partial charge in [0.15, 0.2) is 0 Å². The van der Waals surface area contributed by atoms with E-state index in [1.807, 2.05) is 0 Å². The maximum atomic E-state index is 10.5. The molecule has 0 aromatic carbocycles. The molecule has 0 amide bonds. The van der Waals surface area contributed by atoms with Crippen LogP contribution in [0.2, 0.25) is 0 Å². The second kappa shape index (κ2) is 15.0. The lowest BCUT2D eigenvalue weighted by atomic mass is 10.1. The van der Waals surface area contributed by atoms with Crippen LogP contribution in [-0.2, 0) is 9.53 Å². The number of ether oxygens (including phenoxy) is 1. The maximum absolute atomic E-state index is 10.5. The van der Waals surface area contributed by atoms with Crippen LogP contribution in [0.4, 0.5) is 0 Å². The molecule has 3 heteroatoms. The van der Waals surface area contributed by atoms with E-state index in [1.165, 1.54) is 62.7 Å². The largest absolute Gasteiger partial charge is 0.466 e. The number of hydrogen-bond donors (Lipinski definition) is 0. The molecule has 0 saturated carbocycles. The number of hydrogen-bond acceptors (Lipinski definition) is 2. The van der Waals surface area contributed by atoms with Crippen molar-refractivity contribution in [2.75, 3.05) is 11.0 Å². The van der Waals surface area contributed by atoms with E-state index < -0.39 is 0 Å². The van der Waals surface area contributed by atoms with Gasteiger partial charge in [-0.1, -0.05) is 66.8 Å². The first-order valence-electron chi connectivity index (χ1n) is 7.11. The van der Waals surface area contributed by atoms with E-state index in [9.17, 15) is 4.79 Å². The van der Waals surface area contributed by atoms with Crippen LogP contribution in [0.25, 0.3) is 0 Å². The first-order valence-corrected chi connectivity index (χ1v) is 8.64. The molecule has 0 saturated heterocycles. The average molecular weight is 366 g/mol. The lowest BCUT2D eigenvalue weighted by Crippen LogP contribution is -1.99. The number of halogens is 1. The topological polar surface area (TPSA) is 26.3 Å². The molecule has 0 radical (unpaired) electrons. The molecule has 0 unspecified atom stereocenters. The Kier molecular flexibility index (Phi) is 14.9. The third-order valence-electron chi connectivity index (χ3n) is 2.76. The van der Waals surface area contributed by atoms with Crippen LogP contribution in [0.1, 0.15) is 64.7 Å². The van der Waals surface area contributed by atoms with Gasteiger partial charge in [-0.2, -0.15) is 0 Å². The van der Waals surface area contributed by atoms with E-state index in [-0.39, 0.29) is 5.97 Å². The molecule has 0 fully saturated rings. The number of carbonyl (C=O) groups excluding carboxylic acids is 1. The molecule has 0 aromatic rings. The van der Waals surface area contributed by atoms with Crippen molar-refractivity contribution in [2.24, 2.45) is 0 Å². The van der Waals surface area contributed by atoms with Crippen LogP contribution in [0.3, 0.4) is 0 Å². The predicted octanol–water partition coefficient (Wildman–Crippen LogP) is 5.05. The van der Waals surface area contributed by atoms with E-state index in [0.717, 1.165) is 6.42 Å². The smallest absolute Gasteiger partial charge is 0.302 e. The molecule has 0 aliphatic rings. The number of allylic oxidation sites excluding steroid dienone is 2. The van der Waals surface area contributed by atoms with Crippen molar-refractivity contribution in [1.29, 1.82) is 0 Å². The minimum absolute atomic E-state index is 0.161. The summed E-state index contributed by atoms with van der Waals surface area (Å²) in [5, 5.41) is 0. The quantitative estimate of drug-likeness (QED) is 0.159. The number of carbonyl (C=O) groups is 1. The van der Waals surface area contributed by atoms with Gasteiger partial charge in [-0.3, -0.25) is 4.79 Å². The summed E-state index contributed by atoms with van der Waals surface area (Å²) in [5.74, 6) is -0.161.